The Kier molecular flexibility index (Phi) is 4.77. The number of benzene rings is 2. The number of aryl methyl sites for hydroxylation is 1. The summed E-state index contributed by atoms with van der Waals surface area (Å²) in [6.07, 6.45) is 1.65. The van der Waals surface area contributed by atoms with E-state index in [1.54, 1.807) is 30.5 Å². The molecular formula is C19H16ClN3O. The lowest BCUT2D eigenvalue weighted by Gasteiger charge is -2.13. The van der Waals surface area contributed by atoms with Gasteiger partial charge in [-0.2, -0.15) is 0 Å². The van der Waals surface area contributed by atoms with E-state index in [0.29, 0.717) is 22.1 Å². The molecule has 0 saturated heterocycles. The normalized spacial score (nSPS) is 10.2. The Balaban J connectivity index is 1.88. The molecule has 0 aliphatic rings. The summed E-state index contributed by atoms with van der Waals surface area (Å²) in [7, 11) is 0. The van der Waals surface area contributed by atoms with E-state index in [2.05, 4.69) is 15.6 Å². The van der Waals surface area contributed by atoms with Gasteiger partial charge in [-0.1, -0.05) is 41.9 Å². The predicted molar refractivity (Wildman–Crippen MR) is 98.1 cm³/mol. The number of rotatable bonds is 4. The fraction of sp³-hybridized carbons (Fsp3) is 0.0526. The minimum Gasteiger partial charge on any atom is -0.339 e. The zero-order chi connectivity index (χ0) is 16.9. The third kappa shape index (κ3) is 3.55. The Hall–Kier alpha value is -2.85. The molecule has 1 heterocycles. The van der Waals surface area contributed by atoms with Crippen LogP contribution in [-0.2, 0) is 0 Å². The molecule has 0 unspecified atom stereocenters. The highest BCUT2D eigenvalue weighted by atomic mass is 35.5. The number of hydrogen-bond acceptors (Lipinski definition) is 3. The van der Waals surface area contributed by atoms with Crippen molar-refractivity contribution in [1.29, 1.82) is 0 Å². The Morgan fingerprint density at radius 3 is 2.42 bits per heavy atom. The summed E-state index contributed by atoms with van der Waals surface area (Å²) in [6.45, 7) is 1.99. The van der Waals surface area contributed by atoms with Crippen molar-refractivity contribution in [1.82, 2.24) is 4.98 Å². The third-order valence-corrected chi connectivity index (χ3v) is 3.90. The molecule has 0 saturated carbocycles. The van der Waals surface area contributed by atoms with Gasteiger partial charge >= 0.3 is 0 Å². The summed E-state index contributed by atoms with van der Waals surface area (Å²) in [5.41, 5.74) is 2.99. The lowest BCUT2D eigenvalue weighted by atomic mass is 10.2. The van der Waals surface area contributed by atoms with Gasteiger partial charge in [0.1, 0.15) is 5.82 Å². The quantitative estimate of drug-likeness (QED) is 0.701. The molecule has 0 bridgehead atoms. The maximum Gasteiger partial charge on any atom is 0.259 e. The summed E-state index contributed by atoms with van der Waals surface area (Å²) < 4.78 is 0. The lowest BCUT2D eigenvalue weighted by molar-refractivity contribution is 0.102. The number of hydrogen-bond donors (Lipinski definition) is 2. The van der Waals surface area contributed by atoms with Crippen LogP contribution in [0.25, 0.3) is 0 Å². The van der Waals surface area contributed by atoms with Crippen molar-refractivity contribution >= 4 is 34.7 Å². The first-order valence-corrected chi connectivity index (χ1v) is 7.86. The van der Waals surface area contributed by atoms with Crippen LogP contribution in [-0.4, -0.2) is 10.9 Å². The van der Waals surface area contributed by atoms with Crippen molar-refractivity contribution in [2.45, 2.75) is 6.92 Å². The van der Waals surface area contributed by atoms with Crippen LogP contribution in [0.2, 0.25) is 5.02 Å². The third-order valence-electron chi connectivity index (χ3n) is 3.57. The van der Waals surface area contributed by atoms with Crippen LogP contribution in [0.1, 0.15) is 15.9 Å². The fourth-order valence-corrected chi connectivity index (χ4v) is 2.46. The van der Waals surface area contributed by atoms with Crippen molar-refractivity contribution in [2.75, 3.05) is 10.6 Å². The molecule has 0 aliphatic heterocycles. The van der Waals surface area contributed by atoms with Crippen molar-refractivity contribution in [3.05, 3.63) is 83.0 Å². The molecule has 4 nitrogen and oxygen atoms in total. The SMILES string of the molecule is Cc1ccccc1Nc1ncccc1C(=O)Nc1ccccc1Cl. The number of para-hydroxylation sites is 2. The van der Waals surface area contributed by atoms with E-state index in [0.717, 1.165) is 11.3 Å². The first kappa shape index (κ1) is 16.0. The van der Waals surface area contributed by atoms with Gasteiger partial charge in [0.05, 0.1) is 16.3 Å². The molecule has 1 amide bonds. The van der Waals surface area contributed by atoms with Crippen molar-refractivity contribution in [3.8, 4) is 0 Å². The number of nitrogens with zero attached hydrogens (tertiary/aromatic N) is 1. The zero-order valence-corrected chi connectivity index (χ0v) is 13.8. The number of anilines is 3. The maximum absolute atomic E-state index is 12.6. The highest BCUT2D eigenvalue weighted by Gasteiger charge is 2.14. The summed E-state index contributed by atoms with van der Waals surface area (Å²) >= 11 is 6.10. The van der Waals surface area contributed by atoms with Crippen LogP contribution in [0.4, 0.5) is 17.2 Å². The van der Waals surface area contributed by atoms with Crippen LogP contribution in [0.5, 0.6) is 0 Å². The number of carbonyl (C=O) groups is 1. The van der Waals surface area contributed by atoms with Gasteiger partial charge in [0.15, 0.2) is 0 Å². The summed E-state index contributed by atoms with van der Waals surface area (Å²) in [5.74, 6) is 0.226. The van der Waals surface area contributed by atoms with Crippen molar-refractivity contribution < 1.29 is 4.79 Å². The number of nitrogens with one attached hydrogen (secondary N) is 2. The Morgan fingerprint density at radius 2 is 1.67 bits per heavy atom. The van der Waals surface area contributed by atoms with Crippen LogP contribution < -0.4 is 10.6 Å². The number of amides is 1. The summed E-state index contributed by atoms with van der Waals surface area (Å²) in [6, 6.07) is 18.4. The van der Waals surface area contributed by atoms with Gasteiger partial charge in [0.2, 0.25) is 0 Å². The molecule has 0 radical (unpaired) electrons. The number of carbonyl (C=O) groups excluding carboxylic acids is 1. The highest BCUT2D eigenvalue weighted by molar-refractivity contribution is 6.34. The minimum atomic E-state index is -0.271. The molecule has 2 N–H and O–H groups in total. The van der Waals surface area contributed by atoms with Crippen LogP contribution in [0.15, 0.2) is 66.9 Å². The van der Waals surface area contributed by atoms with E-state index in [1.807, 2.05) is 43.3 Å². The summed E-state index contributed by atoms with van der Waals surface area (Å²) in [4.78, 5) is 16.9. The largest absolute Gasteiger partial charge is 0.339 e. The van der Waals surface area contributed by atoms with E-state index < -0.39 is 0 Å². The molecule has 1 aromatic heterocycles. The Morgan fingerprint density at radius 1 is 0.958 bits per heavy atom. The number of aromatic nitrogens is 1. The van der Waals surface area contributed by atoms with Gasteiger partial charge in [0, 0.05) is 11.9 Å². The van der Waals surface area contributed by atoms with E-state index in [-0.39, 0.29) is 5.91 Å². The Labute approximate surface area is 145 Å². The fourth-order valence-electron chi connectivity index (χ4n) is 2.28. The van der Waals surface area contributed by atoms with E-state index in [4.69, 9.17) is 11.6 Å². The molecule has 0 aliphatic carbocycles. The molecular weight excluding hydrogens is 322 g/mol. The first-order chi connectivity index (χ1) is 11.6. The zero-order valence-electron chi connectivity index (χ0n) is 13.1. The topological polar surface area (TPSA) is 54.0 Å². The van der Waals surface area contributed by atoms with E-state index >= 15 is 0 Å². The van der Waals surface area contributed by atoms with Gasteiger partial charge < -0.3 is 10.6 Å². The average molecular weight is 338 g/mol. The molecule has 0 fully saturated rings. The minimum absolute atomic E-state index is 0.271. The molecule has 120 valence electrons. The number of pyridine rings is 1. The predicted octanol–water partition coefficient (Wildman–Crippen LogP) is 5.04. The molecule has 0 spiro atoms. The molecule has 0 atom stereocenters. The van der Waals surface area contributed by atoms with Gasteiger partial charge in [-0.05, 0) is 42.8 Å². The summed E-state index contributed by atoms with van der Waals surface area (Å²) in [5, 5.41) is 6.52. The van der Waals surface area contributed by atoms with Crippen LogP contribution >= 0.6 is 11.6 Å². The first-order valence-electron chi connectivity index (χ1n) is 7.48. The maximum atomic E-state index is 12.6. The van der Waals surface area contributed by atoms with Gasteiger partial charge in [-0.25, -0.2) is 4.98 Å². The van der Waals surface area contributed by atoms with E-state index in [1.165, 1.54) is 0 Å². The monoisotopic (exact) mass is 337 g/mol. The lowest BCUT2D eigenvalue weighted by Crippen LogP contribution is -2.15. The standard InChI is InChI=1S/C19H16ClN3O/c1-13-7-2-4-10-16(13)22-18-14(8-6-12-21-18)19(24)23-17-11-5-3-9-15(17)20/h2-12H,1H3,(H,21,22)(H,23,24). The van der Waals surface area contributed by atoms with E-state index in [9.17, 15) is 4.79 Å². The van der Waals surface area contributed by atoms with Crippen molar-refractivity contribution in [2.24, 2.45) is 0 Å². The molecule has 24 heavy (non-hydrogen) atoms. The van der Waals surface area contributed by atoms with Gasteiger partial charge in [0.25, 0.3) is 5.91 Å². The Bertz CT molecular complexity index is 880. The van der Waals surface area contributed by atoms with Crippen LogP contribution in [0, 0.1) is 6.92 Å². The number of halogens is 1. The molecule has 3 aromatic rings. The van der Waals surface area contributed by atoms with Crippen LogP contribution in [0.3, 0.4) is 0 Å². The molecule has 2 aromatic carbocycles. The van der Waals surface area contributed by atoms with Crippen molar-refractivity contribution in [3.63, 3.8) is 0 Å². The second kappa shape index (κ2) is 7.15. The smallest absolute Gasteiger partial charge is 0.259 e. The highest BCUT2D eigenvalue weighted by Crippen LogP contribution is 2.24. The second-order valence-corrected chi connectivity index (χ2v) is 5.68. The van der Waals surface area contributed by atoms with Gasteiger partial charge in [-0.15, -0.1) is 0 Å². The molecule has 5 heteroatoms. The second-order valence-electron chi connectivity index (χ2n) is 5.27. The molecule has 3 rings (SSSR count). The average Bonchev–Trinajstić information content (AvgIpc) is 2.59. The van der Waals surface area contributed by atoms with Gasteiger partial charge in [-0.3, -0.25) is 4.79 Å².